The molecule has 1 aromatic carbocycles. The lowest BCUT2D eigenvalue weighted by Gasteiger charge is -2.07. The van der Waals surface area contributed by atoms with Gasteiger partial charge in [-0.05, 0) is 26.0 Å². The van der Waals surface area contributed by atoms with Crippen molar-refractivity contribution in [2.24, 2.45) is 0 Å². The molecule has 0 aliphatic rings. The molecule has 2 N–H and O–H groups in total. The summed E-state index contributed by atoms with van der Waals surface area (Å²) in [5.41, 5.74) is 1.08. The van der Waals surface area contributed by atoms with Crippen LogP contribution in [0.25, 0.3) is 0 Å². The molecular weight excluding hydrogens is 262 g/mol. The van der Waals surface area contributed by atoms with Gasteiger partial charge in [-0.2, -0.15) is 0 Å². The third-order valence-corrected chi connectivity index (χ3v) is 3.64. The van der Waals surface area contributed by atoms with Crippen LogP contribution in [0.1, 0.15) is 25.9 Å². The van der Waals surface area contributed by atoms with Crippen molar-refractivity contribution in [3.63, 3.8) is 0 Å². The molecule has 1 heterocycles. The Labute approximate surface area is 115 Å². The van der Waals surface area contributed by atoms with Gasteiger partial charge in [0.25, 0.3) is 5.91 Å². The molecule has 0 spiro atoms. The molecule has 2 rings (SSSR count). The van der Waals surface area contributed by atoms with Crippen molar-refractivity contribution >= 4 is 17.2 Å². The van der Waals surface area contributed by atoms with E-state index in [-0.39, 0.29) is 11.7 Å². The number of phenolic OH excluding ortho intramolecular Hbond substituents is 1. The third-order valence-electron chi connectivity index (χ3n) is 2.74. The van der Waals surface area contributed by atoms with Crippen LogP contribution in [0.3, 0.4) is 0 Å². The van der Waals surface area contributed by atoms with Gasteiger partial charge in [-0.15, -0.1) is 21.5 Å². The summed E-state index contributed by atoms with van der Waals surface area (Å²) in [6.45, 7) is 4.12. The van der Waals surface area contributed by atoms with E-state index in [1.807, 2.05) is 6.92 Å². The maximum Gasteiger partial charge on any atom is 0.251 e. The van der Waals surface area contributed by atoms with Crippen LogP contribution < -0.4 is 5.32 Å². The van der Waals surface area contributed by atoms with Crippen molar-refractivity contribution in [2.45, 2.75) is 20.3 Å². The molecule has 0 aliphatic carbocycles. The van der Waals surface area contributed by atoms with E-state index in [1.54, 1.807) is 25.1 Å². The van der Waals surface area contributed by atoms with E-state index in [0.29, 0.717) is 24.1 Å². The Morgan fingerprint density at radius 2 is 2.16 bits per heavy atom. The first-order valence-electron chi connectivity index (χ1n) is 5.93. The average molecular weight is 277 g/mol. The molecule has 0 fully saturated rings. The number of nitrogens with zero attached hydrogens (tertiary/aromatic N) is 2. The van der Waals surface area contributed by atoms with Gasteiger partial charge in [0.2, 0.25) is 0 Å². The number of carbonyl (C=O) groups is 1. The minimum atomic E-state index is -0.186. The Morgan fingerprint density at radius 3 is 2.84 bits per heavy atom. The molecule has 0 atom stereocenters. The lowest BCUT2D eigenvalue weighted by molar-refractivity contribution is 0.0953. The Balaban J connectivity index is 1.93. The van der Waals surface area contributed by atoms with Crippen molar-refractivity contribution in [3.05, 3.63) is 39.3 Å². The molecule has 1 aromatic heterocycles. The number of amides is 1. The summed E-state index contributed by atoms with van der Waals surface area (Å²) >= 11 is 1.53. The van der Waals surface area contributed by atoms with Gasteiger partial charge in [0, 0.05) is 24.1 Å². The Kier molecular flexibility index (Phi) is 4.11. The summed E-state index contributed by atoms with van der Waals surface area (Å²) in [6, 6.07) is 4.92. The zero-order valence-corrected chi connectivity index (χ0v) is 11.6. The maximum atomic E-state index is 12.0. The van der Waals surface area contributed by atoms with E-state index in [4.69, 9.17) is 0 Å². The van der Waals surface area contributed by atoms with Gasteiger partial charge >= 0.3 is 0 Å². The summed E-state index contributed by atoms with van der Waals surface area (Å²) in [7, 11) is 0. The first-order valence-corrected chi connectivity index (χ1v) is 6.75. The number of carbonyl (C=O) groups excluding carboxylic acids is 1. The molecular formula is C13H15N3O2S. The molecule has 100 valence electrons. The Hall–Kier alpha value is -1.95. The molecule has 5 nitrogen and oxygen atoms in total. The van der Waals surface area contributed by atoms with Gasteiger partial charge < -0.3 is 10.4 Å². The minimum Gasteiger partial charge on any atom is -0.508 e. The average Bonchev–Trinajstić information content (AvgIpc) is 2.78. The normalized spacial score (nSPS) is 10.4. The molecule has 6 heteroatoms. The SMILES string of the molecule is Cc1nnc(CCNC(=O)c2cccc(O)c2C)s1. The largest absolute Gasteiger partial charge is 0.508 e. The highest BCUT2D eigenvalue weighted by molar-refractivity contribution is 7.11. The number of aromatic nitrogens is 2. The molecule has 0 saturated heterocycles. The number of aromatic hydroxyl groups is 1. The van der Waals surface area contributed by atoms with E-state index in [0.717, 1.165) is 10.0 Å². The van der Waals surface area contributed by atoms with E-state index in [2.05, 4.69) is 15.5 Å². The van der Waals surface area contributed by atoms with Crippen LogP contribution in [-0.4, -0.2) is 27.8 Å². The zero-order valence-electron chi connectivity index (χ0n) is 10.8. The lowest BCUT2D eigenvalue weighted by atomic mass is 10.1. The first-order chi connectivity index (χ1) is 9.08. The zero-order chi connectivity index (χ0) is 13.8. The van der Waals surface area contributed by atoms with Gasteiger partial charge in [0.05, 0.1) is 0 Å². The Bertz CT molecular complexity index is 595. The summed E-state index contributed by atoms with van der Waals surface area (Å²) in [4.78, 5) is 12.0. The molecule has 0 bridgehead atoms. The second-order valence-electron chi connectivity index (χ2n) is 4.17. The number of rotatable bonds is 4. The van der Waals surface area contributed by atoms with Gasteiger partial charge in [-0.25, -0.2) is 0 Å². The number of aryl methyl sites for hydroxylation is 1. The second-order valence-corrected chi connectivity index (χ2v) is 5.44. The molecule has 2 aromatic rings. The molecule has 0 aliphatic heterocycles. The van der Waals surface area contributed by atoms with Gasteiger partial charge in [0.15, 0.2) is 0 Å². The summed E-state index contributed by atoms with van der Waals surface area (Å²) in [6.07, 6.45) is 0.662. The molecule has 0 unspecified atom stereocenters. The predicted octanol–water partition coefficient (Wildman–Crippen LogP) is 1.83. The second kappa shape index (κ2) is 5.79. The van der Waals surface area contributed by atoms with E-state index in [1.165, 1.54) is 11.3 Å². The van der Waals surface area contributed by atoms with Crippen LogP contribution in [0.4, 0.5) is 0 Å². The van der Waals surface area contributed by atoms with Crippen LogP contribution in [0.5, 0.6) is 5.75 Å². The summed E-state index contributed by atoms with van der Waals surface area (Å²) < 4.78 is 0. The maximum absolute atomic E-state index is 12.0. The van der Waals surface area contributed by atoms with Crippen LogP contribution in [0, 0.1) is 13.8 Å². The topological polar surface area (TPSA) is 75.1 Å². The van der Waals surface area contributed by atoms with Crippen molar-refractivity contribution in [1.82, 2.24) is 15.5 Å². The van der Waals surface area contributed by atoms with E-state index < -0.39 is 0 Å². The monoisotopic (exact) mass is 277 g/mol. The van der Waals surface area contributed by atoms with Gasteiger partial charge in [0.1, 0.15) is 15.8 Å². The fourth-order valence-corrected chi connectivity index (χ4v) is 2.39. The minimum absolute atomic E-state index is 0.132. The fraction of sp³-hybridized carbons (Fsp3) is 0.308. The number of hydrogen-bond acceptors (Lipinski definition) is 5. The highest BCUT2D eigenvalue weighted by Crippen LogP contribution is 2.19. The molecule has 0 saturated carbocycles. The van der Waals surface area contributed by atoms with E-state index in [9.17, 15) is 9.90 Å². The highest BCUT2D eigenvalue weighted by Gasteiger charge is 2.11. The molecule has 1 amide bonds. The first kappa shape index (κ1) is 13.5. The Morgan fingerprint density at radius 1 is 1.37 bits per heavy atom. The fourth-order valence-electron chi connectivity index (χ4n) is 1.69. The molecule has 0 radical (unpaired) electrons. The lowest BCUT2D eigenvalue weighted by Crippen LogP contribution is -2.26. The predicted molar refractivity (Wildman–Crippen MR) is 73.5 cm³/mol. The standard InChI is InChI=1S/C13H15N3O2S/c1-8-10(4-3-5-11(8)17)13(18)14-7-6-12-16-15-9(2)19-12/h3-5,17H,6-7H2,1-2H3,(H,14,18). The van der Waals surface area contributed by atoms with Crippen molar-refractivity contribution in [2.75, 3.05) is 6.54 Å². The van der Waals surface area contributed by atoms with Gasteiger partial charge in [-0.3, -0.25) is 4.79 Å². The van der Waals surface area contributed by atoms with Gasteiger partial charge in [-0.1, -0.05) is 6.07 Å². The smallest absolute Gasteiger partial charge is 0.251 e. The van der Waals surface area contributed by atoms with Crippen LogP contribution in [0.2, 0.25) is 0 Å². The van der Waals surface area contributed by atoms with Crippen molar-refractivity contribution in [3.8, 4) is 5.75 Å². The summed E-state index contributed by atoms with van der Waals surface area (Å²) in [5.74, 6) is -0.0537. The van der Waals surface area contributed by atoms with Crippen LogP contribution >= 0.6 is 11.3 Å². The van der Waals surface area contributed by atoms with Crippen molar-refractivity contribution < 1.29 is 9.90 Å². The summed E-state index contributed by atoms with van der Waals surface area (Å²) in [5, 5.41) is 22.1. The van der Waals surface area contributed by atoms with Crippen LogP contribution in [-0.2, 0) is 6.42 Å². The number of hydrogen-bond donors (Lipinski definition) is 2. The number of benzene rings is 1. The quantitative estimate of drug-likeness (QED) is 0.894. The number of nitrogens with one attached hydrogen (secondary N) is 1. The van der Waals surface area contributed by atoms with Crippen LogP contribution in [0.15, 0.2) is 18.2 Å². The third kappa shape index (κ3) is 3.29. The van der Waals surface area contributed by atoms with Crippen molar-refractivity contribution in [1.29, 1.82) is 0 Å². The highest BCUT2D eigenvalue weighted by atomic mass is 32.1. The molecule has 19 heavy (non-hydrogen) atoms. The van der Waals surface area contributed by atoms with E-state index >= 15 is 0 Å². The number of phenols is 1.